The van der Waals surface area contributed by atoms with Gasteiger partial charge in [0, 0.05) is 12.8 Å². The number of carbonyl (C=O) groups excluding carboxylic acids is 1. The highest BCUT2D eigenvalue weighted by Gasteiger charge is 2.58. The zero-order valence-electron chi connectivity index (χ0n) is 14.3. The van der Waals surface area contributed by atoms with Gasteiger partial charge in [-0.2, -0.15) is 0 Å². The Labute approximate surface area is 134 Å². The Morgan fingerprint density at radius 3 is 2.68 bits per heavy atom. The van der Waals surface area contributed by atoms with Crippen LogP contribution in [0.4, 0.5) is 0 Å². The van der Waals surface area contributed by atoms with E-state index in [2.05, 4.69) is 20.8 Å². The molecule has 4 aliphatic rings. The van der Waals surface area contributed by atoms with Gasteiger partial charge in [-0.3, -0.25) is 4.79 Å². The second-order valence-electron chi connectivity index (χ2n) is 9.02. The molecule has 2 nitrogen and oxygen atoms in total. The summed E-state index contributed by atoms with van der Waals surface area (Å²) in [6.45, 7) is 7.16. The Kier molecular flexibility index (Phi) is 3.35. The van der Waals surface area contributed by atoms with E-state index in [1.165, 1.54) is 12.0 Å². The Morgan fingerprint density at radius 1 is 1.14 bits per heavy atom. The fraction of sp³-hybridized carbons (Fsp3) is 0.850. The predicted octanol–water partition coefficient (Wildman–Crippen LogP) is 4.13. The smallest absolute Gasteiger partial charge is 0.137 e. The zero-order valence-corrected chi connectivity index (χ0v) is 14.3. The fourth-order valence-corrected chi connectivity index (χ4v) is 6.96. The number of hydrogen-bond acceptors (Lipinski definition) is 2. The number of ketones is 1. The van der Waals surface area contributed by atoms with Crippen molar-refractivity contribution in [2.24, 2.45) is 35.0 Å². The maximum atomic E-state index is 11.9. The molecule has 7 atom stereocenters. The van der Waals surface area contributed by atoms with E-state index in [4.69, 9.17) is 0 Å². The molecule has 22 heavy (non-hydrogen) atoms. The molecule has 0 radical (unpaired) electrons. The molecule has 4 aliphatic carbocycles. The molecule has 1 N–H and O–H groups in total. The predicted molar refractivity (Wildman–Crippen MR) is 87.3 cm³/mol. The number of aliphatic hydroxyl groups is 1. The van der Waals surface area contributed by atoms with Gasteiger partial charge in [-0.15, -0.1) is 0 Å². The Morgan fingerprint density at radius 2 is 1.91 bits per heavy atom. The van der Waals surface area contributed by atoms with Crippen LogP contribution in [0.2, 0.25) is 0 Å². The largest absolute Gasteiger partial charge is 0.393 e. The summed E-state index contributed by atoms with van der Waals surface area (Å²) >= 11 is 0. The van der Waals surface area contributed by atoms with E-state index < -0.39 is 0 Å². The number of carbonyl (C=O) groups is 1. The number of rotatable bonds is 0. The first-order valence-corrected chi connectivity index (χ1v) is 9.32. The standard InChI is InChI=1S/C20H30O2/c1-11-8-13-9-14(21)4-5-15(13)18-12(2)10-20(3)16(19(11)18)6-7-17(20)22/h11-12,16-19,22H,4-10H2,1-3H3/t11?,12-,16?,17-,18?,19?,20-/m0/s1. The van der Waals surface area contributed by atoms with Crippen LogP contribution >= 0.6 is 0 Å². The Bertz CT molecular complexity index is 534. The van der Waals surface area contributed by atoms with Crippen LogP contribution in [0.5, 0.6) is 0 Å². The monoisotopic (exact) mass is 302 g/mol. The van der Waals surface area contributed by atoms with E-state index in [-0.39, 0.29) is 11.5 Å². The van der Waals surface area contributed by atoms with Crippen molar-refractivity contribution in [1.82, 2.24) is 0 Å². The van der Waals surface area contributed by atoms with Crippen molar-refractivity contribution >= 4 is 5.78 Å². The Balaban J connectivity index is 1.75. The fourth-order valence-electron chi connectivity index (χ4n) is 6.96. The van der Waals surface area contributed by atoms with Crippen molar-refractivity contribution < 1.29 is 9.90 Å². The second-order valence-corrected chi connectivity index (χ2v) is 9.02. The van der Waals surface area contributed by atoms with Gasteiger partial charge in [-0.05, 0) is 67.1 Å². The Hall–Kier alpha value is -0.630. The molecule has 2 heteroatoms. The van der Waals surface area contributed by atoms with Gasteiger partial charge in [-0.25, -0.2) is 0 Å². The summed E-state index contributed by atoms with van der Waals surface area (Å²) in [5.41, 5.74) is 3.30. The number of hydrogen-bond donors (Lipinski definition) is 1. The lowest BCUT2D eigenvalue weighted by molar-refractivity contribution is -0.119. The van der Waals surface area contributed by atoms with Gasteiger partial charge in [0.2, 0.25) is 0 Å². The normalized spacial score (nSPS) is 51.4. The molecule has 0 heterocycles. The van der Waals surface area contributed by atoms with Crippen molar-refractivity contribution in [3.05, 3.63) is 11.1 Å². The number of Topliss-reactive ketones (excluding diaryl/α,β-unsaturated/α-hetero) is 1. The SMILES string of the molecule is CC1CC2=C(CCC(=O)C2)C2C1C1CC[C@H](O)[C@@]1(C)C[C@@H]2C. The molecule has 0 saturated heterocycles. The van der Waals surface area contributed by atoms with Crippen LogP contribution in [-0.4, -0.2) is 17.0 Å². The van der Waals surface area contributed by atoms with E-state index >= 15 is 0 Å². The average molecular weight is 302 g/mol. The molecule has 0 aliphatic heterocycles. The molecule has 4 rings (SSSR count). The number of fused-ring (bicyclic) bond motifs is 4. The summed E-state index contributed by atoms with van der Waals surface area (Å²) in [5, 5.41) is 10.6. The molecular weight excluding hydrogens is 272 g/mol. The van der Waals surface area contributed by atoms with E-state index in [1.807, 2.05) is 0 Å². The first-order valence-electron chi connectivity index (χ1n) is 9.32. The minimum Gasteiger partial charge on any atom is -0.393 e. The highest BCUT2D eigenvalue weighted by molar-refractivity contribution is 5.82. The molecule has 0 bridgehead atoms. The first-order chi connectivity index (χ1) is 10.4. The summed E-state index contributed by atoms with van der Waals surface area (Å²) in [7, 11) is 0. The highest BCUT2D eigenvalue weighted by atomic mass is 16.3. The van der Waals surface area contributed by atoms with Crippen LogP contribution in [0.15, 0.2) is 11.1 Å². The van der Waals surface area contributed by atoms with Crippen LogP contribution in [-0.2, 0) is 4.79 Å². The molecule has 0 aromatic rings. The molecule has 0 amide bonds. The van der Waals surface area contributed by atoms with Crippen molar-refractivity contribution in [3.63, 3.8) is 0 Å². The quantitative estimate of drug-likeness (QED) is 0.683. The zero-order chi connectivity index (χ0) is 15.6. The van der Waals surface area contributed by atoms with Crippen LogP contribution in [0.3, 0.4) is 0 Å². The van der Waals surface area contributed by atoms with Gasteiger partial charge in [0.1, 0.15) is 5.78 Å². The molecule has 0 aromatic carbocycles. The molecule has 4 unspecified atom stereocenters. The van der Waals surface area contributed by atoms with Crippen LogP contribution in [0.25, 0.3) is 0 Å². The van der Waals surface area contributed by atoms with Gasteiger partial charge in [-0.1, -0.05) is 31.9 Å². The second kappa shape index (κ2) is 4.93. The number of aliphatic hydroxyl groups excluding tert-OH is 1. The molecule has 0 aromatic heterocycles. The van der Waals surface area contributed by atoms with Gasteiger partial charge in [0.05, 0.1) is 6.10 Å². The molecular formula is C20H30O2. The summed E-state index contributed by atoms with van der Waals surface area (Å²) in [5.74, 6) is 3.89. The van der Waals surface area contributed by atoms with E-state index in [0.29, 0.717) is 29.5 Å². The summed E-state index contributed by atoms with van der Waals surface area (Å²) < 4.78 is 0. The van der Waals surface area contributed by atoms with Crippen LogP contribution in [0.1, 0.15) is 65.7 Å². The molecule has 0 spiro atoms. The van der Waals surface area contributed by atoms with Gasteiger partial charge in [0.25, 0.3) is 0 Å². The van der Waals surface area contributed by atoms with Crippen molar-refractivity contribution in [2.75, 3.05) is 0 Å². The maximum Gasteiger partial charge on any atom is 0.137 e. The number of allylic oxidation sites excluding steroid dienone is 2. The average Bonchev–Trinajstić information content (AvgIpc) is 2.74. The molecule has 2 saturated carbocycles. The minimum atomic E-state index is -0.101. The van der Waals surface area contributed by atoms with Gasteiger partial charge in [0.15, 0.2) is 0 Å². The van der Waals surface area contributed by atoms with Crippen molar-refractivity contribution in [1.29, 1.82) is 0 Å². The van der Waals surface area contributed by atoms with Crippen molar-refractivity contribution in [3.8, 4) is 0 Å². The molecule has 2 fully saturated rings. The third kappa shape index (κ3) is 1.92. The van der Waals surface area contributed by atoms with E-state index in [1.54, 1.807) is 5.57 Å². The summed E-state index contributed by atoms with van der Waals surface area (Å²) in [4.78, 5) is 11.9. The first kappa shape index (κ1) is 14.9. The van der Waals surface area contributed by atoms with Gasteiger partial charge < -0.3 is 5.11 Å². The van der Waals surface area contributed by atoms with E-state index in [0.717, 1.165) is 44.4 Å². The van der Waals surface area contributed by atoms with Crippen LogP contribution in [0, 0.1) is 35.0 Å². The third-order valence-corrected chi connectivity index (χ3v) is 7.78. The third-order valence-electron chi connectivity index (χ3n) is 7.78. The molecule has 122 valence electrons. The van der Waals surface area contributed by atoms with Crippen molar-refractivity contribution in [2.45, 2.75) is 71.8 Å². The van der Waals surface area contributed by atoms with Gasteiger partial charge >= 0.3 is 0 Å². The summed E-state index contributed by atoms with van der Waals surface area (Å²) in [6, 6.07) is 0. The van der Waals surface area contributed by atoms with E-state index in [9.17, 15) is 9.90 Å². The van der Waals surface area contributed by atoms with Crippen LogP contribution < -0.4 is 0 Å². The lowest BCUT2D eigenvalue weighted by Crippen LogP contribution is -2.51. The topological polar surface area (TPSA) is 37.3 Å². The summed E-state index contributed by atoms with van der Waals surface area (Å²) in [6.07, 6.45) is 6.93. The lowest BCUT2D eigenvalue weighted by Gasteiger charge is -2.56. The maximum absolute atomic E-state index is 11.9. The highest BCUT2D eigenvalue weighted by Crippen LogP contribution is 2.63. The minimum absolute atomic E-state index is 0.101. The lowest BCUT2D eigenvalue weighted by atomic mass is 9.49.